The normalized spacial score (nSPS) is 12.2. The van der Waals surface area contributed by atoms with Crippen molar-refractivity contribution in [3.8, 4) is 11.3 Å². The molecule has 0 aliphatic rings. The van der Waals surface area contributed by atoms with Gasteiger partial charge in [-0.15, -0.1) is 46.2 Å². The molecule has 0 amide bonds. The molecule has 1 radical (unpaired) electrons. The molecule has 0 fully saturated rings. The Morgan fingerprint density at radius 2 is 1.70 bits per heavy atom. The maximum Gasteiger partial charge on any atom is 0.164 e. The SMILES string of the molecule is CC(C)(C)C(=O)/C=C(\O)C(C)(C)C.Cc1[c-]c(-c2ccc3sccc3n2)cc(C(C)C)c1.[Ir]. The molecule has 3 nitrogen and oxygen atoms in total. The molecular formula is C28H36IrNO2S-. The van der Waals surface area contributed by atoms with Crippen molar-refractivity contribution in [2.24, 2.45) is 10.8 Å². The number of ketones is 1. The molecule has 33 heavy (non-hydrogen) atoms. The number of aliphatic hydroxyl groups is 1. The van der Waals surface area contributed by atoms with Gasteiger partial charge in [0.25, 0.3) is 0 Å². The van der Waals surface area contributed by atoms with E-state index in [-0.39, 0.29) is 37.1 Å². The first-order valence-corrected chi connectivity index (χ1v) is 11.9. The summed E-state index contributed by atoms with van der Waals surface area (Å²) in [6, 6.07) is 14.1. The second kappa shape index (κ2) is 11.6. The summed E-state index contributed by atoms with van der Waals surface area (Å²) in [5, 5.41) is 11.6. The van der Waals surface area contributed by atoms with Crippen molar-refractivity contribution < 1.29 is 30.0 Å². The third-order valence-electron chi connectivity index (χ3n) is 5.05. The predicted molar refractivity (Wildman–Crippen MR) is 137 cm³/mol. The number of aryl methyl sites for hydroxylation is 1. The van der Waals surface area contributed by atoms with Crippen molar-refractivity contribution in [3.05, 3.63) is 64.7 Å². The Morgan fingerprint density at radius 1 is 1.06 bits per heavy atom. The van der Waals surface area contributed by atoms with Crippen LogP contribution in [-0.2, 0) is 24.9 Å². The zero-order valence-electron chi connectivity index (χ0n) is 21.2. The van der Waals surface area contributed by atoms with E-state index in [0.717, 1.165) is 16.8 Å². The van der Waals surface area contributed by atoms with Gasteiger partial charge in [0.2, 0.25) is 0 Å². The number of allylic oxidation sites excluding steroid dienone is 2. The fourth-order valence-corrected chi connectivity index (χ4v) is 3.50. The fraction of sp³-hybridized carbons (Fsp3) is 0.429. The summed E-state index contributed by atoms with van der Waals surface area (Å²) in [6.07, 6.45) is 1.33. The summed E-state index contributed by atoms with van der Waals surface area (Å²) in [4.78, 5) is 16.2. The van der Waals surface area contributed by atoms with Gasteiger partial charge in [-0.05, 0) is 29.1 Å². The standard InChI is InChI=1S/C17H16NS.C11H20O2.Ir/c1-11(2)13-8-12(3)9-14(10-13)15-4-5-17-16(18-15)6-7-19-17;1-10(2,3)8(12)7-9(13)11(4,5)6;/h4-8,10-11H,1-3H3;7,12H,1-6H3;/q-1;;/b;8-7-;. The largest absolute Gasteiger partial charge is 0.512 e. The van der Waals surface area contributed by atoms with E-state index in [9.17, 15) is 9.90 Å². The number of carbonyl (C=O) groups is 1. The summed E-state index contributed by atoms with van der Waals surface area (Å²) >= 11 is 1.73. The molecule has 0 aliphatic heterocycles. The van der Waals surface area contributed by atoms with Gasteiger partial charge < -0.3 is 5.11 Å². The number of hydrogen-bond donors (Lipinski definition) is 1. The number of aliphatic hydroxyl groups excluding tert-OH is 1. The Bertz CT molecular complexity index is 1110. The third-order valence-corrected chi connectivity index (χ3v) is 5.92. The average molecular weight is 643 g/mol. The number of thiophene rings is 1. The number of nitrogens with zero attached hydrogens (tertiary/aromatic N) is 1. The molecule has 5 heteroatoms. The summed E-state index contributed by atoms with van der Waals surface area (Å²) in [6.45, 7) is 17.6. The van der Waals surface area contributed by atoms with Gasteiger partial charge in [-0.3, -0.25) is 9.78 Å². The van der Waals surface area contributed by atoms with Crippen LogP contribution in [0.4, 0.5) is 0 Å². The van der Waals surface area contributed by atoms with Crippen LogP contribution in [0.2, 0.25) is 0 Å². The van der Waals surface area contributed by atoms with Crippen LogP contribution in [0.5, 0.6) is 0 Å². The van der Waals surface area contributed by atoms with E-state index in [1.807, 2.05) is 41.5 Å². The second-order valence-corrected chi connectivity index (χ2v) is 11.5. The molecule has 2 heterocycles. The minimum Gasteiger partial charge on any atom is -0.512 e. The van der Waals surface area contributed by atoms with E-state index in [2.05, 4.69) is 62.5 Å². The minimum absolute atomic E-state index is 0. The third kappa shape index (κ3) is 8.48. The molecule has 0 unspecified atom stereocenters. The average Bonchev–Trinajstić information content (AvgIpc) is 3.14. The van der Waals surface area contributed by atoms with E-state index >= 15 is 0 Å². The summed E-state index contributed by atoms with van der Waals surface area (Å²) in [5.74, 6) is 0.629. The zero-order chi connectivity index (χ0) is 24.3. The number of carbonyl (C=O) groups excluding carboxylic acids is 1. The van der Waals surface area contributed by atoms with Gasteiger partial charge in [-0.1, -0.05) is 68.4 Å². The van der Waals surface area contributed by atoms with Crippen LogP contribution in [-0.4, -0.2) is 15.9 Å². The van der Waals surface area contributed by atoms with Crippen LogP contribution >= 0.6 is 11.3 Å². The molecule has 2 aromatic heterocycles. The Hall–Kier alpha value is -1.81. The van der Waals surface area contributed by atoms with Crippen LogP contribution in [0.1, 0.15) is 72.4 Å². The van der Waals surface area contributed by atoms with Gasteiger partial charge in [0, 0.05) is 37.0 Å². The molecule has 0 aliphatic carbocycles. The first kappa shape index (κ1) is 29.2. The molecule has 3 rings (SSSR count). The van der Waals surface area contributed by atoms with Crippen LogP contribution in [0.25, 0.3) is 21.5 Å². The van der Waals surface area contributed by atoms with E-state index in [0.29, 0.717) is 5.92 Å². The van der Waals surface area contributed by atoms with Crippen LogP contribution in [0.3, 0.4) is 0 Å². The van der Waals surface area contributed by atoms with Gasteiger partial charge in [0.05, 0.1) is 10.2 Å². The molecule has 0 atom stereocenters. The van der Waals surface area contributed by atoms with Crippen molar-refractivity contribution in [1.82, 2.24) is 4.98 Å². The van der Waals surface area contributed by atoms with Gasteiger partial charge in [0.1, 0.15) is 5.76 Å². The minimum atomic E-state index is -0.417. The summed E-state index contributed by atoms with van der Waals surface area (Å²) in [7, 11) is 0. The zero-order valence-corrected chi connectivity index (χ0v) is 24.4. The quantitative estimate of drug-likeness (QED) is 0.178. The van der Waals surface area contributed by atoms with Crippen molar-refractivity contribution in [1.29, 1.82) is 0 Å². The number of pyridine rings is 1. The molecule has 181 valence electrons. The van der Waals surface area contributed by atoms with Crippen LogP contribution < -0.4 is 0 Å². The van der Waals surface area contributed by atoms with Crippen molar-refractivity contribution >= 4 is 27.3 Å². The number of benzene rings is 1. The number of fused-ring (bicyclic) bond motifs is 1. The second-order valence-electron chi connectivity index (χ2n) is 10.6. The number of rotatable bonds is 3. The first-order valence-electron chi connectivity index (χ1n) is 11.0. The van der Waals surface area contributed by atoms with Gasteiger partial charge in [-0.25, -0.2) is 0 Å². The monoisotopic (exact) mass is 643 g/mol. The smallest absolute Gasteiger partial charge is 0.164 e. The van der Waals surface area contributed by atoms with E-state index in [4.69, 9.17) is 4.98 Å². The van der Waals surface area contributed by atoms with E-state index in [1.165, 1.54) is 21.9 Å². The molecule has 0 spiro atoms. The Labute approximate surface area is 216 Å². The van der Waals surface area contributed by atoms with Crippen LogP contribution in [0.15, 0.2) is 47.5 Å². The van der Waals surface area contributed by atoms with Crippen LogP contribution in [0, 0.1) is 23.8 Å². The topological polar surface area (TPSA) is 50.2 Å². The first-order chi connectivity index (χ1) is 14.7. The van der Waals surface area contributed by atoms with Crippen molar-refractivity contribution in [2.75, 3.05) is 0 Å². The molecule has 1 aromatic carbocycles. The van der Waals surface area contributed by atoms with Gasteiger partial charge >= 0.3 is 0 Å². The van der Waals surface area contributed by atoms with Gasteiger partial charge in [0.15, 0.2) is 5.78 Å². The van der Waals surface area contributed by atoms with Gasteiger partial charge in [-0.2, -0.15) is 0 Å². The predicted octanol–water partition coefficient (Wildman–Crippen LogP) is 8.28. The Kier molecular flexibility index (Phi) is 10.2. The molecule has 3 aromatic rings. The molecule has 0 bridgehead atoms. The van der Waals surface area contributed by atoms with Crippen molar-refractivity contribution in [2.45, 2.75) is 68.2 Å². The summed E-state index contributed by atoms with van der Waals surface area (Å²) < 4.78 is 1.24. The molecule has 0 saturated carbocycles. The molecule has 1 N–H and O–H groups in total. The van der Waals surface area contributed by atoms with E-state index in [1.54, 1.807) is 11.3 Å². The molecular weight excluding hydrogens is 607 g/mol. The summed E-state index contributed by atoms with van der Waals surface area (Å²) in [5.41, 5.74) is 4.93. The Morgan fingerprint density at radius 3 is 2.24 bits per heavy atom. The Balaban J connectivity index is 0.000000346. The van der Waals surface area contributed by atoms with Crippen molar-refractivity contribution in [3.63, 3.8) is 0 Å². The fourth-order valence-electron chi connectivity index (χ4n) is 2.77. The maximum absolute atomic E-state index is 11.5. The molecule has 0 saturated heterocycles. The maximum atomic E-state index is 11.5. The van der Waals surface area contributed by atoms with E-state index < -0.39 is 5.41 Å². The number of hydrogen-bond acceptors (Lipinski definition) is 4. The number of aromatic nitrogens is 1.